The van der Waals surface area contributed by atoms with Crippen molar-refractivity contribution in [2.75, 3.05) is 26.2 Å². The van der Waals surface area contributed by atoms with Crippen molar-refractivity contribution in [3.63, 3.8) is 0 Å². The monoisotopic (exact) mass is 729 g/mol. The first kappa shape index (κ1) is 35.6. The molecule has 2 saturated heterocycles. The fourth-order valence-electron chi connectivity index (χ4n) is 6.45. The number of halogens is 3. The fourth-order valence-corrected chi connectivity index (χ4v) is 6.71. The molecule has 4 heterocycles. The molecule has 0 radical (unpaired) electrons. The molecule has 5 amide bonds. The molecule has 16 nitrogen and oxygen atoms in total. The van der Waals surface area contributed by atoms with E-state index in [0.717, 1.165) is 16.7 Å². The van der Waals surface area contributed by atoms with Crippen LogP contribution in [0.3, 0.4) is 0 Å². The highest BCUT2D eigenvalue weighted by Gasteiger charge is 2.43. The molecule has 2 atom stereocenters. The van der Waals surface area contributed by atoms with Crippen molar-refractivity contribution in [2.45, 2.75) is 43.8 Å². The lowest BCUT2D eigenvalue weighted by Crippen LogP contribution is -2.56. The van der Waals surface area contributed by atoms with Crippen molar-refractivity contribution >= 4 is 42.7 Å². The molecule has 6 rings (SSSR count). The Hall–Kier alpha value is -5.27. The molecule has 0 spiro atoms. The third-order valence-corrected chi connectivity index (χ3v) is 9.50. The zero-order chi connectivity index (χ0) is 36.6. The summed E-state index contributed by atoms with van der Waals surface area (Å²) in [5.74, 6) is -9.34. The van der Waals surface area contributed by atoms with Gasteiger partial charge in [0.25, 0.3) is 0 Å². The van der Waals surface area contributed by atoms with E-state index in [1.807, 2.05) is 6.07 Å². The van der Waals surface area contributed by atoms with Gasteiger partial charge in [0.15, 0.2) is 17.3 Å². The van der Waals surface area contributed by atoms with E-state index < -0.39 is 88.1 Å². The van der Waals surface area contributed by atoms with Crippen LogP contribution in [0.25, 0.3) is 0 Å². The van der Waals surface area contributed by atoms with Crippen molar-refractivity contribution in [1.82, 2.24) is 35.3 Å². The maximum Gasteiger partial charge on any atom is 0.547 e. The van der Waals surface area contributed by atoms with Gasteiger partial charge in [-0.25, -0.2) is 38.0 Å². The molecule has 3 aliphatic rings. The van der Waals surface area contributed by atoms with Crippen LogP contribution >= 0.6 is 11.6 Å². The lowest BCUT2D eigenvalue weighted by atomic mass is 9.72. The van der Waals surface area contributed by atoms with Crippen molar-refractivity contribution in [2.24, 2.45) is 0 Å². The number of nitrogens with zero attached hydrogens (tertiary/aromatic N) is 5. The summed E-state index contributed by atoms with van der Waals surface area (Å²) >= 11 is 6.20. The molecule has 2 fully saturated rings. The summed E-state index contributed by atoms with van der Waals surface area (Å²) in [4.78, 5) is 65.2. The Kier molecular flexibility index (Phi) is 10.1. The number of rotatable bonds is 8. The lowest BCUT2D eigenvalue weighted by molar-refractivity contribution is -0.123. The highest BCUT2D eigenvalue weighted by atomic mass is 35.5. The Bertz CT molecular complexity index is 1870. The summed E-state index contributed by atoms with van der Waals surface area (Å²) in [6.07, 6.45) is 4.14. The summed E-state index contributed by atoms with van der Waals surface area (Å²) < 4.78 is 34.1. The molecular formula is C31H31BClF2N7O9. The van der Waals surface area contributed by atoms with Gasteiger partial charge in [0.1, 0.15) is 29.5 Å². The highest BCUT2D eigenvalue weighted by Crippen LogP contribution is 2.41. The van der Waals surface area contributed by atoms with E-state index in [2.05, 4.69) is 25.5 Å². The van der Waals surface area contributed by atoms with E-state index in [4.69, 9.17) is 16.3 Å². The number of urea groups is 2. The maximum absolute atomic E-state index is 14.6. The second-order valence-electron chi connectivity index (χ2n) is 12.2. The van der Waals surface area contributed by atoms with E-state index in [1.165, 1.54) is 12.4 Å². The molecule has 1 unspecified atom stereocenters. The minimum Gasteiger partial charge on any atom is -0.534 e. The van der Waals surface area contributed by atoms with Gasteiger partial charge >= 0.3 is 25.1 Å². The Labute approximate surface area is 293 Å². The van der Waals surface area contributed by atoms with Crippen LogP contribution in [0.2, 0.25) is 5.02 Å². The molecular weight excluding hydrogens is 699 g/mol. The summed E-state index contributed by atoms with van der Waals surface area (Å²) in [5.41, 5.74) is -0.335. The van der Waals surface area contributed by atoms with E-state index in [1.54, 1.807) is 11.1 Å². The fraction of sp³-hybridized carbons (Fsp3) is 0.355. The van der Waals surface area contributed by atoms with Gasteiger partial charge in [0.2, 0.25) is 5.91 Å². The molecule has 20 heteroatoms. The van der Waals surface area contributed by atoms with Crippen LogP contribution in [0.4, 0.5) is 18.4 Å². The Morgan fingerprint density at radius 1 is 1.08 bits per heavy atom. The van der Waals surface area contributed by atoms with Crippen LogP contribution in [0.15, 0.2) is 36.8 Å². The number of amides is 5. The van der Waals surface area contributed by atoms with Gasteiger partial charge in [-0.1, -0.05) is 17.7 Å². The number of phenols is 2. The van der Waals surface area contributed by atoms with Gasteiger partial charge in [0, 0.05) is 50.5 Å². The van der Waals surface area contributed by atoms with E-state index in [-0.39, 0.29) is 31.1 Å². The second kappa shape index (κ2) is 14.5. The number of piperidine rings is 1. The molecule has 0 aliphatic carbocycles. The normalized spacial score (nSPS) is 18.6. The van der Waals surface area contributed by atoms with Gasteiger partial charge < -0.3 is 40.5 Å². The second-order valence-corrected chi connectivity index (χ2v) is 12.6. The van der Waals surface area contributed by atoms with E-state index in [9.17, 15) is 48.3 Å². The summed E-state index contributed by atoms with van der Waals surface area (Å²) in [5, 5.41) is 44.3. The van der Waals surface area contributed by atoms with Gasteiger partial charge in [-0.3, -0.25) is 9.69 Å². The number of carbonyl (C=O) groups excluding carboxylic acids is 3. The molecule has 2 aromatic carbocycles. The number of hydrogen-bond donors (Lipinski definition) is 6. The third-order valence-electron chi connectivity index (χ3n) is 9.10. The molecule has 1 aromatic heterocycles. The van der Waals surface area contributed by atoms with Crippen LogP contribution in [0.1, 0.15) is 46.1 Å². The van der Waals surface area contributed by atoms with Crippen LogP contribution in [-0.2, 0) is 17.8 Å². The number of carboxylic acids is 1. The smallest absolute Gasteiger partial charge is 0.534 e. The first-order valence-corrected chi connectivity index (χ1v) is 16.2. The average molecular weight is 730 g/mol. The van der Waals surface area contributed by atoms with Gasteiger partial charge in [-0.2, -0.15) is 0 Å². The minimum atomic E-state index is -1.91. The Morgan fingerprint density at radius 2 is 1.82 bits per heavy atom. The van der Waals surface area contributed by atoms with Gasteiger partial charge in [-0.15, -0.1) is 0 Å². The van der Waals surface area contributed by atoms with Crippen molar-refractivity contribution < 1.29 is 53.0 Å². The largest absolute Gasteiger partial charge is 0.547 e. The first-order chi connectivity index (χ1) is 24.3. The first-order valence-electron chi connectivity index (χ1n) is 15.8. The number of benzene rings is 2. The predicted octanol–water partition coefficient (Wildman–Crippen LogP) is 1.81. The summed E-state index contributed by atoms with van der Waals surface area (Å²) in [6.45, 7) is 2.14. The van der Waals surface area contributed by atoms with Crippen LogP contribution in [0, 0.1) is 11.6 Å². The number of imide groups is 1. The number of fused-ring (bicyclic) bond motifs is 1. The number of likely N-dealkylation sites (tertiary alicyclic amines) is 1. The number of phenolic OH excluding ortho intramolecular Hbond substituents is 2. The lowest BCUT2D eigenvalue weighted by Gasteiger charge is -2.36. The number of nitrogens with one attached hydrogen (secondary N) is 2. The molecule has 0 bridgehead atoms. The Balaban J connectivity index is 1.17. The molecule has 0 saturated carbocycles. The SMILES string of the molecule is O=C(O)c1c(F)ccc2c1OB(O)[C@@H](NC(=O)C(NC(=O)N1CCN(C3CCN(Cc4ccncn4)CC3)C1=O)c1cc(F)c(O)c(O)c1Cl)C2. The number of aromatic carboxylic acids is 1. The number of aromatic nitrogens is 2. The van der Waals surface area contributed by atoms with Crippen molar-refractivity contribution in [1.29, 1.82) is 0 Å². The predicted molar refractivity (Wildman–Crippen MR) is 173 cm³/mol. The highest BCUT2D eigenvalue weighted by molar-refractivity contribution is 6.47. The quantitative estimate of drug-likeness (QED) is 0.145. The van der Waals surface area contributed by atoms with E-state index >= 15 is 0 Å². The van der Waals surface area contributed by atoms with Gasteiger partial charge in [-0.05, 0) is 43.0 Å². The van der Waals surface area contributed by atoms with Crippen molar-refractivity contribution in [3.8, 4) is 17.2 Å². The zero-order valence-electron chi connectivity index (χ0n) is 26.6. The number of aromatic hydroxyl groups is 2. The molecule has 268 valence electrons. The number of carboxylic acid groups (broad SMARTS) is 1. The van der Waals surface area contributed by atoms with Crippen LogP contribution in [-0.4, -0.2) is 114 Å². The van der Waals surface area contributed by atoms with Crippen molar-refractivity contribution in [3.05, 3.63) is 75.8 Å². The van der Waals surface area contributed by atoms with E-state index in [0.29, 0.717) is 38.5 Å². The van der Waals surface area contributed by atoms with Crippen LogP contribution < -0.4 is 15.3 Å². The Morgan fingerprint density at radius 3 is 2.51 bits per heavy atom. The third kappa shape index (κ3) is 7.17. The standard InChI is InChI=1S/C31H31BClF2N7O9/c33-23-18(12-20(35)25(43)26(23)44)24(28(45)38-21-11-15-1-2-19(34)22(29(46)47)27(15)51-32(21)50)39-30(48)42-10-9-41(31(42)49)17-4-7-40(8-5-17)13-16-3-6-36-14-37-16/h1-3,6,12,14,17,21,24,43-44,50H,4-5,7-11,13H2,(H,38,45)(H,39,48)(H,46,47)/t21-,24?/m0/s1. The van der Waals surface area contributed by atoms with Gasteiger partial charge in [0.05, 0.1) is 16.7 Å². The minimum absolute atomic E-state index is 0.0441. The number of carbonyl (C=O) groups is 4. The molecule has 6 N–H and O–H groups in total. The molecule has 51 heavy (non-hydrogen) atoms. The maximum atomic E-state index is 14.6. The average Bonchev–Trinajstić information content (AvgIpc) is 3.50. The zero-order valence-corrected chi connectivity index (χ0v) is 27.4. The number of hydrogen-bond acceptors (Lipinski definition) is 11. The molecule has 3 aliphatic heterocycles. The topological polar surface area (TPSA) is 218 Å². The summed E-state index contributed by atoms with van der Waals surface area (Å²) in [6, 6.07) is 0.769. The molecule has 3 aromatic rings. The van der Waals surface area contributed by atoms with Crippen LogP contribution in [0.5, 0.6) is 17.2 Å². The summed E-state index contributed by atoms with van der Waals surface area (Å²) in [7, 11) is -1.90.